The Balaban J connectivity index is 1.57. The highest BCUT2D eigenvalue weighted by Crippen LogP contribution is 2.52. The van der Waals surface area contributed by atoms with Gasteiger partial charge in [0.05, 0.1) is 18.6 Å². The molecule has 1 aliphatic heterocycles. The summed E-state index contributed by atoms with van der Waals surface area (Å²) in [6.07, 6.45) is 7.85. The topological polar surface area (TPSA) is 57.4 Å². The quantitative estimate of drug-likeness (QED) is 0.851. The van der Waals surface area contributed by atoms with Crippen molar-refractivity contribution in [2.24, 2.45) is 5.92 Å². The molecule has 0 unspecified atom stereocenters. The summed E-state index contributed by atoms with van der Waals surface area (Å²) < 4.78 is 17.2. The summed E-state index contributed by atoms with van der Waals surface area (Å²) in [5.41, 5.74) is 0.0585. The highest BCUT2D eigenvalue weighted by Gasteiger charge is 2.51. The van der Waals surface area contributed by atoms with Crippen molar-refractivity contribution in [1.29, 1.82) is 0 Å². The number of aromatic nitrogens is 2. The van der Waals surface area contributed by atoms with Crippen molar-refractivity contribution in [2.75, 3.05) is 13.2 Å². The number of aryl methyl sites for hydroxylation is 1. The first-order valence-corrected chi connectivity index (χ1v) is 7.79. The van der Waals surface area contributed by atoms with Crippen LogP contribution < -0.4 is 0 Å². The molecular weight excluding hydrogens is 256 g/mol. The Hall–Kier alpha value is -0.940. The van der Waals surface area contributed by atoms with E-state index in [1.807, 2.05) is 6.92 Å². The molecule has 0 bridgehead atoms. The molecule has 5 nitrogen and oxygen atoms in total. The minimum absolute atomic E-state index is 0.0585. The molecule has 0 amide bonds. The van der Waals surface area contributed by atoms with Crippen LogP contribution in [0.2, 0.25) is 0 Å². The molecule has 1 saturated heterocycles. The molecule has 2 saturated carbocycles. The second-order valence-corrected chi connectivity index (χ2v) is 6.68. The van der Waals surface area contributed by atoms with E-state index in [-0.39, 0.29) is 11.2 Å². The van der Waals surface area contributed by atoms with Crippen LogP contribution in [-0.2, 0) is 14.9 Å². The molecule has 3 aliphatic rings. The van der Waals surface area contributed by atoms with Crippen LogP contribution in [0.5, 0.6) is 0 Å². The van der Waals surface area contributed by atoms with Crippen LogP contribution in [0, 0.1) is 12.8 Å². The third-order valence-corrected chi connectivity index (χ3v) is 5.14. The van der Waals surface area contributed by atoms with Crippen LogP contribution in [-0.4, -0.2) is 29.1 Å². The molecule has 0 atom stereocenters. The van der Waals surface area contributed by atoms with Crippen LogP contribution in [0.4, 0.5) is 0 Å². The van der Waals surface area contributed by atoms with Crippen molar-refractivity contribution in [2.45, 2.75) is 63.1 Å². The number of nitrogens with zero attached hydrogens (tertiary/aromatic N) is 2. The lowest BCUT2D eigenvalue weighted by Gasteiger charge is -2.41. The van der Waals surface area contributed by atoms with Gasteiger partial charge in [0.25, 0.3) is 0 Å². The molecule has 110 valence electrons. The fraction of sp³-hybridized carbons (Fsp3) is 0.867. The van der Waals surface area contributed by atoms with Gasteiger partial charge >= 0.3 is 0 Å². The van der Waals surface area contributed by atoms with E-state index in [1.165, 1.54) is 19.3 Å². The molecule has 1 aromatic rings. The predicted molar refractivity (Wildman–Crippen MR) is 71.2 cm³/mol. The maximum absolute atomic E-state index is 5.85. The molecule has 4 rings (SSSR count). The Kier molecular flexibility index (Phi) is 2.89. The van der Waals surface area contributed by atoms with Crippen LogP contribution >= 0.6 is 0 Å². The van der Waals surface area contributed by atoms with Crippen LogP contribution in [0.25, 0.3) is 0 Å². The Morgan fingerprint density at radius 3 is 2.35 bits per heavy atom. The van der Waals surface area contributed by atoms with E-state index in [9.17, 15) is 0 Å². The highest BCUT2D eigenvalue weighted by atomic mass is 16.7. The first-order valence-electron chi connectivity index (χ1n) is 7.79. The largest absolute Gasteiger partial charge is 0.348 e. The van der Waals surface area contributed by atoms with Gasteiger partial charge in [-0.2, -0.15) is 4.98 Å². The molecule has 2 aliphatic carbocycles. The van der Waals surface area contributed by atoms with Crippen molar-refractivity contribution in [1.82, 2.24) is 10.1 Å². The summed E-state index contributed by atoms with van der Waals surface area (Å²) in [5, 5.41) is 4.00. The van der Waals surface area contributed by atoms with E-state index in [4.69, 9.17) is 14.0 Å². The summed E-state index contributed by atoms with van der Waals surface area (Å²) >= 11 is 0. The van der Waals surface area contributed by atoms with E-state index < -0.39 is 0 Å². The summed E-state index contributed by atoms with van der Waals surface area (Å²) in [7, 11) is 0. The van der Waals surface area contributed by atoms with Gasteiger partial charge in [0.15, 0.2) is 11.6 Å². The number of hydrogen-bond acceptors (Lipinski definition) is 5. The lowest BCUT2D eigenvalue weighted by atomic mass is 9.68. The third kappa shape index (κ3) is 2.17. The van der Waals surface area contributed by atoms with Crippen LogP contribution in [0.1, 0.15) is 56.7 Å². The van der Waals surface area contributed by atoms with Gasteiger partial charge < -0.3 is 14.0 Å². The van der Waals surface area contributed by atoms with Gasteiger partial charge in [-0.05, 0) is 32.1 Å². The van der Waals surface area contributed by atoms with Crippen molar-refractivity contribution in [3.8, 4) is 0 Å². The monoisotopic (exact) mass is 278 g/mol. The number of rotatable bonds is 3. The summed E-state index contributed by atoms with van der Waals surface area (Å²) in [6.45, 7) is 3.36. The second kappa shape index (κ2) is 4.53. The molecule has 2 heterocycles. The van der Waals surface area contributed by atoms with Crippen molar-refractivity contribution in [3.63, 3.8) is 0 Å². The van der Waals surface area contributed by atoms with Crippen LogP contribution in [0.3, 0.4) is 0 Å². The number of ether oxygens (including phenoxy) is 2. The maximum atomic E-state index is 5.85. The first-order chi connectivity index (χ1) is 9.70. The van der Waals surface area contributed by atoms with Crippen molar-refractivity contribution < 1.29 is 14.0 Å². The maximum Gasteiger partial charge on any atom is 0.232 e. The van der Waals surface area contributed by atoms with E-state index in [0.717, 1.165) is 56.5 Å². The lowest BCUT2D eigenvalue weighted by Crippen LogP contribution is -2.42. The Morgan fingerprint density at radius 1 is 1.10 bits per heavy atom. The summed E-state index contributed by atoms with van der Waals surface area (Å²) in [5.74, 6) is 2.11. The van der Waals surface area contributed by atoms with E-state index >= 15 is 0 Å². The first kappa shape index (κ1) is 12.8. The average molecular weight is 278 g/mol. The Bertz CT molecular complexity index is 479. The Morgan fingerprint density at radius 2 is 1.80 bits per heavy atom. The van der Waals surface area contributed by atoms with Crippen LogP contribution in [0.15, 0.2) is 4.52 Å². The zero-order valence-electron chi connectivity index (χ0n) is 12.1. The summed E-state index contributed by atoms with van der Waals surface area (Å²) in [4.78, 5) is 4.54. The standard InChI is InChI=1S/C15H22N2O3/c1-11-16-13(20-17-11)14(10-12-2-3-12)4-6-15(7-5-14)18-8-9-19-15/h12H,2-10H2,1H3. The molecule has 0 N–H and O–H groups in total. The van der Waals surface area contributed by atoms with Gasteiger partial charge in [-0.1, -0.05) is 18.0 Å². The van der Waals surface area contributed by atoms with Gasteiger partial charge in [0.2, 0.25) is 5.89 Å². The molecule has 5 heteroatoms. The fourth-order valence-corrected chi connectivity index (χ4v) is 3.79. The smallest absolute Gasteiger partial charge is 0.232 e. The molecule has 1 spiro atoms. The van der Waals surface area contributed by atoms with Crippen molar-refractivity contribution >= 4 is 0 Å². The SMILES string of the molecule is Cc1noc(C2(CC3CC3)CCC3(CC2)OCCO3)n1. The minimum atomic E-state index is -0.317. The number of hydrogen-bond donors (Lipinski definition) is 0. The zero-order chi connectivity index (χ0) is 13.6. The highest BCUT2D eigenvalue weighted by molar-refractivity contribution is 5.10. The second-order valence-electron chi connectivity index (χ2n) is 6.68. The van der Waals surface area contributed by atoms with E-state index in [0.29, 0.717) is 0 Å². The fourth-order valence-electron chi connectivity index (χ4n) is 3.79. The Labute approximate surface area is 119 Å². The lowest BCUT2D eigenvalue weighted by molar-refractivity contribution is -0.187. The molecule has 20 heavy (non-hydrogen) atoms. The van der Waals surface area contributed by atoms with Gasteiger partial charge in [-0.15, -0.1) is 0 Å². The van der Waals surface area contributed by atoms with Gasteiger partial charge in [-0.3, -0.25) is 0 Å². The van der Waals surface area contributed by atoms with E-state index in [2.05, 4.69) is 10.1 Å². The minimum Gasteiger partial charge on any atom is -0.348 e. The molecular formula is C15H22N2O3. The molecule has 1 aromatic heterocycles. The average Bonchev–Trinajstić information content (AvgIpc) is 2.96. The third-order valence-electron chi connectivity index (χ3n) is 5.14. The van der Waals surface area contributed by atoms with Gasteiger partial charge in [0, 0.05) is 12.8 Å². The summed E-state index contributed by atoms with van der Waals surface area (Å²) in [6, 6.07) is 0. The van der Waals surface area contributed by atoms with E-state index in [1.54, 1.807) is 0 Å². The molecule has 3 fully saturated rings. The van der Waals surface area contributed by atoms with Crippen molar-refractivity contribution in [3.05, 3.63) is 11.7 Å². The zero-order valence-corrected chi connectivity index (χ0v) is 12.1. The normalized spacial score (nSPS) is 28.1. The van der Waals surface area contributed by atoms with Gasteiger partial charge in [0.1, 0.15) is 0 Å². The predicted octanol–water partition coefficient (Wildman–Crippen LogP) is 2.73. The van der Waals surface area contributed by atoms with Gasteiger partial charge in [-0.25, -0.2) is 0 Å². The molecule has 0 radical (unpaired) electrons. The molecule has 0 aromatic carbocycles.